The number of halogens is 3. The number of benzene rings is 1. The van der Waals surface area contributed by atoms with Crippen molar-refractivity contribution in [1.29, 1.82) is 0 Å². The van der Waals surface area contributed by atoms with Crippen molar-refractivity contribution >= 4 is 17.6 Å². The van der Waals surface area contributed by atoms with Gasteiger partial charge in [-0.3, -0.25) is 9.48 Å². The largest absolute Gasteiger partial charge is 0.481 e. The Morgan fingerprint density at radius 1 is 1.22 bits per heavy atom. The molecule has 0 aliphatic heterocycles. The summed E-state index contributed by atoms with van der Waals surface area (Å²) in [4.78, 5) is 17.9. The first-order valence-corrected chi connectivity index (χ1v) is 7.83. The topological polar surface area (TPSA) is 92.9 Å². The van der Waals surface area contributed by atoms with E-state index in [1.807, 2.05) is 0 Å². The molecule has 0 saturated heterocycles. The van der Waals surface area contributed by atoms with E-state index in [4.69, 9.17) is 5.11 Å². The minimum atomic E-state index is -4.55. The SMILES string of the molecule is O=C(O)CCn1cc(-c2cccc(Nc3nccc(C(F)(F)F)n3)c2)cn1. The molecule has 27 heavy (non-hydrogen) atoms. The molecule has 7 nitrogen and oxygen atoms in total. The number of aryl methyl sites for hydroxylation is 1. The van der Waals surface area contributed by atoms with Crippen LogP contribution in [0.15, 0.2) is 48.9 Å². The number of carbonyl (C=O) groups is 1. The Hall–Kier alpha value is -3.43. The monoisotopic (exact) mass is 377 g/mol. The van der Waals surface area contributed by atoms with Crippen molar-refractivity contribution in [2.75, 3.05) is 5.32 Å². The van der Waals surface area contributed by atoms with E-state index in [0.717, 1.165) is 23.4 Å². The molecule has 2 N–H and O–H groups in total. The second-order valence-corrected chi connectivity index (χ2v) is 5.60. The number of hydrogen-bond acceptors (Lipinski definition) is 5. The number of nitrogens with zero attached hydrogens (tertiary/aromatic N) is 4. The van der Waals surface area contributed by atoms with Gasteiger partial charge >= 0.3 is 12.1 Å². The van der Waals surface area contributed by atoms with Gasteiger partial charge in [-0.2, -0.15) is 18.3 Å². The Morgan fingerprint density at radius 3 is 2.78 bits per heavy atom. The van der Waals surface area contributed by atoms with Gasteiger partial charge in [0.15, 0.2) is 0 Å². The molecule has 0 atom stereocenters. The zero-order chi connectivity index (χ0) is 19.4. The van der Waals surface area contributed by atoms with Gasteiger partial charge in [0.1, 0.15) is 5.69 Å². The summed E-state index contributed by atoms with van der Waals surface area (Å²) in [5, 5.41) is 15.6. The Kier molecular flexibility index (Phi) is 5.06. The van der Waals surface area contributed by atoms with Gasteiger partial charge in [-0.1, -0.05) is 12.1 Å². The van der Waals surface area contributed by atoms with Crippen molar-refractivity contribution in [3.63, 3.8) is 0 Å². The van der Waals surface area contributed by atoms with Crippen LogP contribution in [-0.4, -0.2) is 30.8 Å². The summed E-state index contributed by atoms with van der Waals surface area (Å²) < 4.78 is 39.7. The number of aliphatic carboxylic acids is 1. The van der Waals surface area contributed by atoms with Gasteiger partial charge in [-0.25, -0.2) is 9.97 Å². The minimum absolute atomic E-state index is 0.0460. The van der Waals surface area contributed by atoms with E-state index in [-0.39, 0.29) is 18.9 Å². The van der Waals surface area contributed by atoms with E-state index < -0.39 is 17.8 Å². The van der Waals surface area contributed by atoms with Crippen LogP contribution >= 0.6 is 0 Å². The number of rotatable bonds is 6. The molecule has 2 heterocycles. The third-order valence-corrected chi connectivity index (χ3v) is 3.59. The van der Waals surface area contributed by atoms with E-state index in [1.165, 1.54) is 4.68 Å². The maximum atomic E-state index is 12.7. The predicted molar refractivity (Wildman–Crippen MR) is 90.2 cm³/mol. The highest BCUT2D eigenvalue weighted by molar-refractivity contribution is 5.69. The number of nitrogens with one attached hydrogen (secondary N) is 1. The second kappa shape index (κ2) is 7.44. The molecule has 0 radical (unpaired) electrons. The molecule has 0 bridgehead atoms. The molecule has 0 aliphatic carbocycles. The molecule has 140 valence electrons. The number of carboxylic acids is 1. The van der Waals surface area contributed by atoms with Gasteiger partial charge < -0.3 is 10.4 Å². The molecular formula is C17H14F3N5O2. The first-order chi connectivity index (χ1) is 12.8. The average Bonchev–Trinajstić information content (AvgIpc) is 3.09. The van der Waals surface area contributed by atoms with Crippen molar-refractivity contribution in [3.8, 4) is 11.1 Å². The highest BCUT2D eigenvalue weighted by Gasteiger charge is 2.32. The van der Waals surface area contributed by atoms with Crippen molar-refractivity contribution < 1.29 is 23.1 Å². The van der Waals surface area contributed by atoms with Crippen LogP contribution in [0.25, 0.3) is 11.1 Å². The van der Waals surface area contributed by atoms with Crippen LogP contribution in [0, 0.1) is 0 Å². The van der Waals surface area contributed by atoms with Gasteiger partial charge in [0.2, 0.25) is 5.95 Å². The molecule has 10 heteroatoms. The van der Waals surface area contributed by atoms with Crippen LogP contribution in [0.3, 0.4) is 0 Å². The molecule has 3 rings (SSSR count). The van der Waals surface area contributed by atoms with Crippen molar-refractivity contribution in [3.05, 3.63) is 54.6 Å². The lowest BCUT2D eigenvalue weighted by atomic mass is 10.1. The number of alkyl halides is 3. The third-order valence-electron chi connectivity index (χ3n) is 3.59. The van der Waals surface area contributed by atoms with Crippen LogP contribution in [0.4, 0.5) is 24.8 Å². The first kappa shape index (κ1) is 18.4. The van der Waals surface area contributed by atoms with Gasteiger partial charge in [0.25, 0.3) is 0 Å². The molecule has 2 aromatic heterocycles. The summed E-state index contributed by atoms with van der Waals surface area (Å²) in [6, 6.07) is 7.70. The molecule has 0 spiro atoms. The number of carboxylic acid groups (broad SMARTS) is 1. The summed E-state index contributed by atoms with van der Waals surface area (Å²) in [5.41, 5.74) is 0.975. The summed E-state index contributed by atoms with van der Waals surface area (Å²) in [7, 11) is 0. The smallest absolute Gasteiger partial charge is 0.433 e. The van der Waals surface area contributed by atoms with E-state index in [0.29, 0.717) is 5.69 Å². The molecule has 1 aromatic carbocycles. The molecule has 0 amide bonds. The molecule has 0 fully saturated rings. The maximum Gasteiger partial charge on any atom is 0.433 e. The summed E-state index contributed by atoms with van der Waals surface area (Å²) in [6.45, 7) is 0.241. The fourth-order valence-electron chi connectivity index (χ4n) is 2.33. The van der Waals surface area contributed by atoms with Crippen LogP contribution in [0.5, 0.6) is 0 Å². The fraction of sp³-hybridized carbons (Fsp3) is 0.176. The standard InChI is InChI=1S/C17H14F3N5O2/c18-17(19,20)14-4-6-21-16(24-14)23-13-3-1-2-11(8-13)12-9-22-25(10-12)7-5-15(26)27/h1-4,6,8-10H,5,7H2,(H,26,27)(H,21,23,24). The summed E-state index contributed by atoms with van der Waals surface area (Å²) >= 11 is 0. The van der Waals surface area contributed by atoms with Crippen molar-refractivity contribution in [1.82, 2.24) is 19.7 Å². The Labute approximate surface area is 151 Å². The first-order valence-electron chi connectivity index (χ1n) is 7.83. The van der Waals surface area contributed by atoms with Gasteiger partial charge in [-0.15, -0.1) is 0 Å². The molecule has 3 aromatic rings. The molecule has 0 saturated carbocycles. The van der Waals surface area contributed by atoms with Crippen molar-refractivity contribution in [2.45, 2.75) is 19.1 Å². The lowest BCUT2D eigenvalue weighted by Crippen LogP contribution is -2.10. The summed E-state index contributed by atoms with van der Waals surface area (Å²) in [5.74, 6) is -1.08. The van der Waals surface area contributed by atoms with E-state index in [1.54, 1.807) is 36.7 Å². The molecule has 0 aliphatic rings. The molecular weight excluding hydrogens is 363 g/mol. The minimum Gasteiger partial charge on any atom is -0.481 e. The maximum absolute atomic E-state index is 12.7. The van der Waals surface area contributed by atoms with Crippen LogP contribution in [0.1, 0.15) is 12.1 Å². The third kappa shape index (κ3) is 4.81. The zero-order valence-corrected chi connectivity index (χ0v) is 13.8. The van der Waals surface area contributed by atoms with Crippen molar-refractivity contribution in [2.24, 2.45) is 0 Å². The number of aromatic nitrogens is 4. The van der Waals surface area contributed by atoms with Gasteiger partial charge in [0, 0.05) is 23.6 Å². The Morgan fingerprint density at radius 2 is 2.04 bits per heavy atom. The predicted octanol–water partition coefficient (Wildman–Crippen LogP) is 3.58. The lowest BCUT2D eigenvalue weighted by molar-refractivity contribution is -0.141. The molecule has 0 unspecified atom stereocenters. The number of anilines is 2. The van der Waals surface area contributed by atoms with Gasteiger partial charge in [0.05, 0.1) is 19.2 Å². The van der Waals surface area contributed by atoms with Crippen LogP contribution in [-0.2, 0) is 17.5 Å². The Balaban J connectivity index is 1.77. The highest BCUT2D eigenvalue weighted by atomic mass is 19.4. The van der Waals surface area contributed by atoms with E-state index in [9.17, 15) is 18.0 Å². The van der Waals surface area contributed by atoms with Crippen LogP contribution < -0.4 is 5.32 Å². The summed E-state index contributed by atoms with van der Waals surface area (Å²) in [6.07, 6.45) is -0.277. The lowest BCUT2D eigenvalue weighted by Gasteiger charge is -2.09. The normalized spacial score (nSPS) is 11.4. The highest BCUT2D eigenvalue weighted by Crippen LogP contribution is 2.28. The van der Waals surface area contributed by atoms with E-state index in [2.05, 4.69) is 20.4 Å². The van der Waals surface area contributed by atoms with Gasteiger partial charge in [-0.05, 0) is 23.8 Å². The van der Waals surface area contributed by atoms with E-state index >= 15 is 0 Å². The zero-order valence-electron chi connectivity index (χ0n) is 13.8. The quantitative estimate of drug-likeness (QED) is 0.682. The average molecular weight is 377 g/mol. The fourth-order valence-corrected chi connectivity index (χ4v) is 2.33. The Bertz CT molecular complexity index is 955. The second-order valence-electron chi connectivity index (χ2n) is 5.60. The van der Waals surface area contributed by atoms with Crippen LogP contribution in [0.2, 0.25) is 0 Å². The number of hydrogen-bond donors (Lipinski definition) is 2.